The van der Waals surface area contributed by atoms with E-state index < -0.39 is 0 Å². The molecule has 1 aliphatic heterocycles. The van der Waals surface area contributed by atoms with Gasteiger partial charge in [-0.15, -0.1) is 0 Å². The van der Waals surface area contributed by atoms with Gasteiger partial charge >= 0.3 is 6.09 Å². The van der Waals surface area contributed by atoms with Crippen LogP contribution in [0.25, 0.3) is 0 Å². The van der Waals surface area contributed by atoms with Crippen molar-refractivity contribution < 1.29 is 14.6 Å². The smallest absolute Gasteiger partial charge is 0.414 e. The molecule has 0 bridgehead atoms. The van der Waals surface area contributed by atoms with Gasteiger partial charge in [0.2, 0.25) is 0 Å². The fourth-order valence-electron chi connectivity index (χ4n) is 1.64. The van der Waals surface area contributed by atoms with Crippen molar-refractivity contribution in [2.75, 3.05) is 24.7 Å². The molecule has 80 valence electrons. The van der Waals surface area contributed by atoms with Gasteiger partial charge in [0, 0.05) is 12.3 Å². The zero-order chi connectivity index (χ0) is 10.7. The molecule has 2 rings (SSSR count). The van der Waals surface area contributed by atoms with Crippen molar-refractivity contribution in [2.45, 2.75) is 6.42 Å². The Labute approximate surface area is 88.1 Å². The van der Waals surface area contributed by atoms with Gasteiger partial charge in [-0.05, 0) is 24.1 Å². The van der Waals surface area contributed by atoms with Crippen molar-refractivity contribution in [3.63, 3.8) is 0 Å². The lowest BCUT2D eigenvalue weighted by molar-refractivity contribution is 0.181. The van der Waals surface area contributed by atoms with E-state index in [0.29, 0.717) is 19.6 Å². The summed E-state index contributed by atoms with van der Waals surface area (Å²) in [6, 6.07) is 7.59. The molecule has 0 aliphatic carbocycles. The van der Waals surface area contributed by atoms with Gasteiger partial charge in [0.25, 0.3) is 0 Å². The lowest BCUT2D eigenvalue weighted by Crippen LogP contribution is -2.23. The van der Waals surface area contributed by atoms with Crippen LogP contribution in [0.15, 0.2) is 24.3 Å². The second-order valence-corrected chi connectivity index (χ2v) is 3.41. The van der Waals surface area contributed by atoms with Crippen LogP contribution in [-0.4, -0.2) is 31.0 Å². The van der Waals surface area contributed by atoms with E-state index in [1.54, 1.807) is 4.90 Å². The Morgan fingerprint density at radius 1 is 1.47 bits per heavy atom. The largest absolute Gasteiger partial charge is 0.447 e. The van der Waals surface area contributed by atoms with Crippen LogP contribution in [0.1, 0.15) is 5.56 Å². The number of hydrogen-bond donors (Lipinski definition) is 1. The first kappa shape index (κ1) is 9.98. The van der Waals surface area contributed by atoms with Gasteiger partial charge in [-0.3, -0.25) is 4.90 Å². The fraction of sp³-hybridized carbons (Fsp3) is 0.364. The molecule has 0 spiro atoms. The predicted octanol–water partition coefficient (Wildman–Crippen LogP) is 1.18. The first-order chi connectivity index (χ1) is 7.31. The number of nitrogens with zero attached hydrogens (tertiary/aromatic N) is 1. The van der Waals surface area contributed by atoms with Crippen molar-refractivity contribution >= 4 is 11.8 Å². The minimum atomic E-state index is -0.295. The van der Waals surface area contributed by atoms with Gasteiger partial charge in [-0.25, -0.2) is 4.79 Å². The monoisotopic (exact) mass is 207 g/mol. The maximum Gasteiger partial charge on any atom is 0.414 e. The SMILES string of the molecule is O=C1OCCN1c1cccc(CCO)c1. The van der Waals surface area contributed by atoms with Crippen molar-refractivity contribution in [3.05, 3.63) is 29.8 Å². The van der Waals surface area contributed by atoms with Crippen molar-refractivity contribution in [3.8, 4) is 0 Å². The standard InChI is InChI=1S/C11H13NO3/c13-6-4-9-2-1-3-10(8-9)12-5-7-15-11(12)14/h1-3,8,13H,4-7H2. The molecular weight excluding hydrogens is 194 g/mol. The highest BCUT2D eigenvalue weighted by Crippen LogP contribution is 2.19. The van der Waals surface area contributed by atoms with Gasteiger partial charge in [0.15, 0.2) is 0 Å². The summed E-state index contributed by atoms with van der Waals surface area (Å²) in [4.78, 5) is 12.9. The number of carbonyl (C=O) groups excluding carboxylic acids is 1. The summed E-state index contributed by atoms with van der Waals surface area (Å²) in [5.41, 5.74) is 1.86. The molecule has 0 saturated carbocycles. The van der Waals surface area contributed by atoms with E-state index in [9.17, 15) is 4.79 Å². The molecule has 0 aromatic heterocycles. The number of cyclic esters (lactones) is 1. The zero-order valence-corrected chi connectivity index (χ0v) is 8.35. The summed E-state index contributed by atoms with van der Waals surface area (Å²) in [5, 5.41) is 8.82. The Morgan fingerprint density at radius 2 is 2.33 bits per heavy atom. The average Bonchev–Trinajstić information content (AvgIpc) is 2.65. The lowest BCUT2D eigenvalue weighted by Gasteiger charge is -2.13. The predicted molar refractivity (Wildman–Crippen MR) is 55.9 cm³/mol. The summed E-state index contributed by atoms with van der Waals surface area (Å²) in [7, 11) is 0. The molecule has 1 fully saturated rings. The van der Waals surface area contributed by atoms with Crippen LogP contribution in [0.5, 0.6) is 0 Å². The number of amides is 1. The number of hydrogen-bond acceptors (Lipinski definition) is 3. The summed E-state index contributed by atoms with van der Waals surface area (Å²) in [6.45, 7) is 1.17. The van der Waals surface area contributed by atoms with E-state index in [0.717, 1.165) is 11.3 Å². The second kappa shape index (κ2) is 4.31. The number of aliphatic hydroxyl groups is 1. The number of rotatable bonds is 3. The Morgan fingerprint density at radius 3 is 3.00 bits per heavy atom. The first-order valence-electron chi connectivity index (χ1n) is 4.95. The van der Waals surface area contributed by atoms with E-state index in [1.165, 1.54) is 0 Å². The molecule has 0 unspecified atom stereocenters. The van der Waals surface area contributed by atoms with E-state index in [2.05, 4.69) is 0 Å². The molecule has 1 aliphatic rings. The topological polar surface area (TPSA) is 49.8 Å². The molecular formula is C11H13NO3. The van der Waals surface area contributed by atoms with E-state index in [1.807, 2.05) is 24.3 Å². The minimum absolute atomic E-state index is 0.119. The van der Waals surface area contributed by atoms with Gasteiger partial charge in [-0.1, -0.05) is 12.1 Å². The van der Waals surface area contributed by atoms with E-state index in [-0.39, 0.29) is 12.7 Å². The molecule has 15 heavy (non-hydrogen) atoms. The first-order valence-corrected chi connectivity index (χ1v) is 4.95. The molecule has 4 heteroatoms. The zero-order valence-electron chi connectivity index (χ0n) is 8.35. The van der Waals surface area contributed by atoms with Gasteiger partial charge < -0.3 is 9.84 Å². The summed E-state index contributed by atoms with van der Waals surface area (Å²) < 4.78 is 4.86. The molecule has 0 atom stereocenters. The van der Waals surface area contributed by atoms with Gasteiger partial charge in [0.1, 0.15) is 6.61 Å². The summed E-state index contributed by atoms with van der Waals surface area (Å²) in [5.74, 6) is 0. The minimum Gasteiger partial charge on any atom is -0.447 e. The summed E-state index contributed by atoms with van der Waals surface area (Å²) in [6.07, 6.45) is 0.313. The highest BCUT2D eigenvalue weighted by atomic mass is 16.6. The number of anilines is 1. The molecule has 4 nitrogen and oxygen atoms in total. The highest BCUT2D eigenvalue weighted by molar-refractivity contribution is 5.89. The molecule has 1 aromatic rings. The van der Waals surface area contributed by atoms with Crippen LogP contribution in [0.3, 0.4) is 0 Å². The third-order valence-electron chi connectivity index (χ3n) is 2.38. The van der Waals surface area contributed by atoms with Gasteiger partial charge in [0.05, 0.1) is 6.54 Å². The Bertz CT molecular complexity index is 365. The third kappa shape index (κ3) is 2.10. The number of benzene rings is 1. The Hall–Kier alpha value is -1.55. The van der Waals surface area contributed by atoms with Crippen LogP contribution < -0.4 is 4.90 Å². The Balaban J connectivity index is 2.20. The van der Waals surface area contributed by atoms with Crippen molar-refractivity contribution in [2.24, 2.45) is 0 Å². The average molecular weight is 207 g/mol. The number of ether oxygens (including phenoxy) is 1. The number of carbonyl (C=O) groups is 1. The Kier molecular flexibility index (Phi) is 2.87. The van der Waals surface area contributed by atoms with E-state index in [4.69, 9.17) is 9.84 Å². The van der Waals surface area contributed by atoms with Crippen LogP contribution >= 0.6 is 0 Å². The lowest BCUT2D eigenvalue weighted by atomic mass is 10.1. The third-order valence-corrected chi connectivity index (χ3v) is 2.38. The van der Waals surface area contributed by atoms with Crippen LogP contribution in [-0.2, 0) is 11.2 Å². The number of aliphatic hydroxyl groups excluding tert-OH is 1. The van der Waals surface area contributed by atoms with E-state index >= 15 is 0 Å². The van der Waals surface area contributed by atoms with Gasteiger partial charge in [-0.2, -0.15) is 0 Å². The molecule has 1 heterocycles. The van der Waals surface area contributed by atoms with Crippen LogP contribution in [0, 0.1) is 0 Å². The molecule has 1 amide bonds. The quantitative estimate of drug-likeness (QED) is 0.809. The van der Waals surface area contributed by atoms with Crippen molar-refractivity contribution in [1.29, 1.82) is 0 Å². The van der Waals surface area contributed by atoms with Crippen LogP contribution in [0.2, 0.25) is 0 Å². The molecule has 1 N–H and O–H groups in total. The fourth-order valence-corrected chi connectivity index (χ4v) is 1.64. The normalized spacial score (nSPS) is 15.5. The molecule has 0 radical (unpaired) electrons. The molecule has 1 aromatic carbocycles. The molecule has 1 saturated heterocycles. The van der Waals surface area contributed by atoms with Crippen molar-refractivity contribution in [1.82, 2.24) is 0 Å². The maximum atomic E-state index is 11.3. The summed E-state index contributed by atoms with van der Waals surface area (Å²) >= 11 is 0. The second-order valence-electron chi connectivity index (χ2n) is 3.41. The highest BCUT2D eigenvalue weighted by Gasteiger charge is 2.23. The van der Waals surface area contributed by atoms with Crippen LogP contribution in [0.4, 0.5) is 10.5 Å². The maximum absolute atomic E-state index is 11.3.